The maximum atomic E-state index is 16.1. The highest BCUT2D eigenvalue weighted by Crippen LogP contribution is 2.58. The van der Waals surface area contributed by atoms with Crippen LogP contribution in [0.4, 0.5) is 211 Å². The van der Waals surface area contributed by atoms with Gasteiger partial charge in [0.15, 0.2) is 55.2 Å². The molecule has 606 valence electrons. The Bertz CT molecular complexity index is 3530. The molecule has 0 spiro atoms. The summed E-state index contributed by atoms with van der Waals surface area (Å²) in [5, 5.41) is 0. The smallest absolute Gasteiger partial charge is 0.454 e. The Labute approximate surface area is 549 Å². The molecule has 4 aromatic rings. The summed E-state index contributed by atoms with van der Waals surface area (Å²) >= 11 is 0. The highest BCUT2D eigenvalue weighted by molar-refractivity contribution is 5.43. The predicted molar refractivity (Wildman–Crippen MR) is 239 cm³/mol. The molecule has 56 heteroatoms. The summed E-state index contributed by atoms with van der Waals surface area (Å²) in [5.41, 5.74) is 0. The lowest BCUT2D eigenvalue weighted by Crippen LogP contribution is -2.62. The Balaban J connectivity index is 2.24. The lowest BCUT2D eigenvalue weighted by molar-refractivity contribution is -0.365. The van der Waals surface area contributed by atoms with Gasteiger partial charge in [-0.1, -0.05) is 0 Å². The molecule has 0 amide bonds. The van der Waals surface area contributed by atoms with Gasteiger partial charge in [-0.3, -0.25) is 0 Å². The van der Waals surface area contributed by atoms with E-state index >= 15 is 70.2 Å². The highest BCUT2D eigenvalue weighted by Gasteiger charge is 2.83. The largest absolute Gasteiger partial charge is 0.481 e. The van der Waals surface area contributed by atoms with Crippen LogP contribution in [0.3, 0.4) is 0 Å². The van der Waals surface area contributed by atoms with Gasteiger partial charge in [-0.05, 0) is 0 Å². The third-order valence-electron chi connectivity index (χ3n) is 13.1. The molecule has 0 unspecified atom stereocenters. The summed E-state index contributed by atoms with van der Waals surface area (Å²) < 4.78 is 729. The van der Waals surface area contributed by atoms with E-state index in [9.17, 15) is 140 Å². The average Bonchev–Trinajstić information content (AvgIpc) is 0.755. The first-order chi connectivity index (χ1) is 46.8. The molecule has 0 saturated carbocycles. The first-order valence-corrected chi connectivity index (χ1v) is 25.5. The van der Waals surface area contributed by atoms with Crippen LogP contribution in [0.15, 0.2) is 0 Å². The van der Waals surface area contributed by atoms with Crippen molar-refractivity contribution in [1.82, 2.24) is 0 Å². The molecule has 0 aliphatic rings. The summed E-state index contributed by atoms with van der Waals surface area (Å²) in [6.07, 6.45) is 0. The number of halogens is 48. The van der Waals surface area contributed by atoms with E-state index in [-0.39, 0.29) is 0 Å². The molecule has 0 radical (unpaired) electrons. The standard InChI is InChI=1S/C50H22F48O8/c1-34(67,68)43(83,84)47(91,92)38(75,76)5-99-26-10(51)12(53)30(13(54)11(26)52)103-9-42(104-31-20(61)14(55)27(15(56)21(31)62)100-6-39(77,78)48(93,94)44(85,86)35(2,69)70,105-32-22(63)16(57)28(17(58)23(32)64)101-7-40(79,80)49(95,96)45(87,88)36(3,71)72)106-33-24(65)18(59)29(19(60)25(33)66)102-8-41(81,82)50(97,98)46(89,90)37(4,73)74/h5-9H2,1-4H3. The summed E-state index contributed by atoms with van der Waals surface area (Å²) in [6, 6.07) is 0. The van der Waals surface area contributed by atoms with Crippen LogP contribution in [0.25, 0.3) is 0 Å². The molecule has 0 fully saturated rings. The van der Waals surface area contributed by atoms with Crippen molar-refractivity contribution in [2.45, 2.75) is 128 Å². The number of hydrogen-bond acceptors (Lipinski definition) is 8. The maximum Gasteiger partial charge on any atom is 0.454 e. The Kier molecular flexibility index (Phi) is 23.7. The Morgan fingerprint density at radius 2 is 0.283 bits per heavy atom. The third kappa shape index (κ3) is 14.9. The van der Waals surface area contributed by atoms with Crippen LogP contribution in [0.2, 0.25) is 0 Å². The zero-order valence-corrected chi connectivity index (χ0v) is 49.4. The molecule has 0 aromatic heterocycles. The molecular weight excluding hydrogens is 1640 g/mol. The average molecular weight is 1660 g/mol. The molecule has 0 N–H and O–H groups in total. The summed E-state index contributed by atoms with van der Waals surface area (Å²) in [4.78, 5) is 0. The second-order valence-corrected chi connectivity index (χ2v) is 21.1. The number of alkyl halides is 32. The van der Waals surface area contributed by atoms with Crippen LogP contribution in [-0.2, 0) is 0 Å². The monoisotopic (exact) mass is 1660 g/mol. The molecule has 106 heavy (non-hydrogen) atoms. The van der Waals surface area contributed by atoms with Gasteiger partial charge >= 0.3 is 101 Å². The van der Waals surface area contributed by atoms with Gasteiger partial charge in [0.1, 0.15) is 0 Å². The molecule has 0 atom stereocenters. The topological polar surface area (TPSA) is 73.8 Å². The quantitative estimate of drug-likeness (QED) is 0.0265. The minimum Gasteiger partial charge on any atom is -0.481 e. The van der Waals surface area contributed by atoms with Crippen LogP contribution in [-0.4, -0.2) is 134 Å². The van der Waals surface area contributed by atoms with Crippen molar-refractivity contribution < 1.29 is 249 Å². The second kappa shape index (κ2) is 27.9. The molecule has 8 nitrogen and oxygen atoms in total. The van der Waals surface area contributed by atoms with E-state index < -0.39 is 301 Å². The zero-order valence-electron chi connectivity index (χ0n) is 49.4. The van der Waals surface area contributed by atoms with Crippen LogP contribution < -0.4 is 37.9 Å². The van der Waals surface area contributed by atoms with E-state index in [2.05, 4.69) is 37.9 Å². The van der Waals surface area contributed by atoms with Crippen molar-refractivity contribution in [2.24, 2.45) is 0 Å². The highest BCUT2D eigenvalue weighted by atomic mass is 19.4. The molecule has 0 bridgehead atoms. The molecule has 4 aromatic carbocycles. The van der Waals surface area contributed by atoms with Gasteiger partial charge < -0.3 is 37.9 Å². The molecule has 4 rings (SSSR count). The van der Waals surface area contributed by atoms with Crippen molar-refractivity contribution in [3.8, 4) is 46.0 Å². The number of hydrogen-bond donors (Lipinski definition) is 0. The van der Waals surface area contributed by atoms with Crippen molar-refractivity contribution in [1.29, 1.82) is 0 Å². The lowest BCUT2D eigenvalue weighted by atomic mass is 10.00. The van der Waals surface area contributed by atoms with Crippen LogP contribution >= 0.6 is 0 Å². The fourth-order valence-corrected chi connectivity index (χ4v) is 7.08. The van der Waals surface area contributed by atoms with E-state index in [1.165, 1.54) is 0 Å². The van der Waals surface area contributed by atoms with Crippen LogP contribution in [0.1, 0.15) is 27.7 Å². The zero-order chi connectivity index (χ0) is 83.5. The van der Waals surface area contributed by atoms with Crippen molar-refractivity contribution in [3.63, 3.8) is 0 Å². The normalized spacial score (nSPS) is 14.4. The van der Waals surface area contributed by atoms with Gasteiger partial charge in [0.2, 0.25) is 117 Å². The minimum atomic E-state index is -7.64. The Morgan fingerprint density at radius 3 is 0.406 bits per heavy atom. The first kappa shape index (κ1) is 90.3. The van der Waals surface area contributed by atoms with Gasteiger partial charge in [0.05, 0.1) is 0 Å². The predicted octanol–water partition coefficient (Wildman–Crippen LogP) is 19.9. The Morgan fingerprint density at radius 1 is 0.170 bits per heavy atom. The Hall–Kier alpha value is -8.08. The van der Waals surface area contributed by atoms with Gasteiger partial charge in [-0.15, -0.1) is 0 Å². The fourth-order valence-electron chi connectivity index (χ4n) is 7.08. The van der Waals surface area contributed by atoms with Crippen LogP contribution in [0.5, 0.6) is 46.0 Å². The molecular formula is C50H22F48O8. The fraction of sp³-hybridized carbons (Fsp3) is 0.520. The summed E-state index contributed by atoms with van der Waals surface area (Å²) in [5.74, 6) is -215. The van der Waals surface area contributed by atoms with Gasteiger partial charge in [0.25, 0.3) is 0 Å². The van der Waals surface area contributed by atoms with E-state index in [1.807, 2.05) is 0 Å². The summed E-state index contributed by atoms with van der Waals surface area (Å²) in [7, 11) is 0. The van der Waals surface area contributed by atoms with Crippen molar-refractivity contribution >= 4 is 0 Å². The van der Waals surface area contributed by atoms with Crippen LogP contribution in [0, 0.1) is 93.1 Å². The third-order valence-corrected chi connectivity index (χ3v) is 13.1. The van der Waals surface area contributed by atoms with Gasteiger partial charge in [-0.25, -0.2) is 0 Å². The lowest BCUT2D eigenvalue weighted by Gasteiger charge is -2.35. The maximum absolute atomic E-state index is 16.1. The molecule has 0 heterocycles. The number of rotatable bonds is 33. The molecule has 0 aliphatic carbocycles. The van der Waals surface area contributed by atoms with Gasteiger partial charge in [0, 0.05) is 27.7 Å². The SMILES string of the molecule is CC(F)(F)C(F)(F)C(F)(F)C(F)(F)COc1c(F)c(F)c(OCC(Oc2c(F)c(F)c(OCC(F)(F)C(F)(F)C(F)(F)C(C)(F)F)c(F)c2F)(Oc2c(F)c(F)c(OCC(F)(F)C(F)(F)C(F)(F)C(C)(F)F)c(F)c2F)Oc2c(F)c(F)c(OCC(F)(F)C(F)(F)C(F)(F)C(C)(F)F)c(F)c2F)c(F)c1F. The first-order valence-electron chi connectivity index (χ1n) is 25.5. The van der Waals surface area contributed by atoms with E-state index in [4.69, 9.17) is 0 Å². The van der Waals surface area contributed by atoms with E-state index in [1.54, 1.807) is 0 Å². The molecule has 0 saturated heterocycles. The van der Waals surface area contributed by atoms with Crippen molar-refractivity contribution in [3.05, 3.63) is 93.1 Å². The summed E-state index contributed by atoms with van der Waals surface area (Å²) in [6.45, 7) is -25.1. The van der Waals surface area contributed by atoms with Crippen molar-refractivity contribution in [2.75, 3.05) is 33.0 Å². The number of benzene rings is 4. The second-order valence-electron chi connectivity index (χ2n) is 21.1. The van der Waals surface area contributed by atoms with E-state index in [0.717, 1.165) is 0 Å². The number of ether oxygens (including phenoxy) is 8. The molecule has 0 aliphatic heterocycles. The minimum absolute atomic E-state index is 1.21. The van der Waals surface area contributed by atoms with E-state index in [0.29, 0.717) is 0 Å². The van der Waals surface area contributed by atoms with Gasteiger partial charge in [-0.2, -0.15) is 211 Å².